The summed E-state index contributed by atoms with van der Waals surface area (Å²) in [6.07, 6.45) is 4.45. The van der Waals surface area contributed by atoms with Crippen LogP contribution in [-0.4, -0.2) is 37.1 Å². The lowest BCUT2D eigenvalue weighted by Gasteiger charge is -2.45. The van der Waals surface area contributed by atoms with Gasteiger partial charge in [0.05, 0.1) is 0 Å². The fraction of sp³-hybridized carbons (Fsp3) is 0.588. The summed E-state index contributed by atoms with van der Waals surface area (Å²) in [5.74, 6) is 0.126. The van der Waals surface area contributed by atoms with Gasteiger partial charge in [0.2, 0.25) is 0 Å². The van der Waals surface area contributed by atoms with Gasteiger partial charge in [-0.2, -0.15) is 0 Å². The highest BCUT2D eigenvalue weighted by molar-refractivity contribution is 6.31. The van der Waals surface area contributed by atoms with Gasteiger partial charge in [-0.1, -0.05) is 17.7 Å². The van der Waals surface area contributed by atoms with Crippen molar-refractivity contribution in [3.63, 3.8) is 0 Å². The molecule has 3 nitrogen and oxygen atoms in total. The van der Waals surface area contributed by atoms with Crippen LogP contribution in [0.15, 0.2) is 18.2 Å². The van der Waals surface area contributed by atoms with E-state index in [0.717, 1.165) is 56.7 Å². The van der Waals surface area contributed by atoms with Crippen molar-refractivity contribution in [2.24, 2.45) is 5.41 Å². The molecule has 2 fully saturated rings. The standard InChI is InChI=1S/C17H22ClNO2/c1-13-14(4-2-5-15(13)18)16(20)19-9-3-6-17(12-19)7-10-21-11-8-17/h2,4-5H,3,6-12H2,1H3. The van der Waals surface area contributed by atoms with E-state index in [1.54, 1.807) is 0 Å². The Morgan fingerprint density at radius 1 is 1.29 bits per heavy atom. The van der Waals surface area contributed by atoms with Crippen LogP contribution < -0.4 is 0 Å². The second-order valence-corrected chi connectivity index (χ2v) is 6.76. The van der Waals surface area contributed by atoms with Gasteiger partial charge in [-0.15, -0.1) is 0 Å². The maximum absolute atomic E-state index is 12.8. The molecule has 0 unspecified atom stereocenters. The SMILES string of the molecule is Cc1c(Cl)cccc1C(=O)N1CCCC2(CCOCC2)C1. The van der Waals surface area contributed by atoms with Gasteiger partial charge in [-0.3, -0.25) is 4.79 Å². The van der Waals surface area contributed by atoms with Crippen molar-refractivity contribution >= 4 is 17.5 Å². The number of halogens is 1. The van der Waals surface area contributed by atoms with Gasteiger partial charge in [0.15, 0.2) is 0 Å². The number of ether oxygens (including phenoxy) is 1. The number of likely N-dealkylation sites (tertiary alicyclic amines) is 1. The minimum Gasteiger partial charge on any atom is -0.381 e. The largest absolute Gasteiger partial charge is 0.381 e. The molecule has 114 valence electrons. The molecule has 21 heavy (non-hydrogen) atoms. The Kier molecular flexibility index (Phi) is 4.23. The number of rotatable bonds is 1. The van der Waals surface area contributed by atoms with Crippen molar-refractivity contribution < 1.29 is 9.53 Å². The van der Waals surface area contributed by atoms with E-state index in [4.69, 9.17) is 16.3 Å². The molecule has 1 spiro atoms. The number of benzene rings is 1. The Bertz CT molecular complexity index is 532. The zero-order chi connectivity index (χ0) is 14.9. The second kappa shape index (κ2) is 5.98. The van der Waals surface area contributed by atoms with Crippen molar-refractivity contribution in [2.75, 3.05) is 26.3 Å². The molecule has 3 rings (SSSR count). The first-order valence-electron chi connectivity index (χ1n) is 7.73. The molecule has 0 aromatic heterocycles. The predicted octanol–water partition coefficient (Wildman–Crippen LogP) is 3.68. The zero-order valence-electron chi connectivity index (χ0n) is 12.5. The molecule has 1 aromatic rings. The van der Waals surface area contributed by atoms with E-state index in [9.17, 15) is 4.79 Å². The number of nitrogens with zero attached hydrogens (tertiary/aromatic N) is 1. The Morgan fingerprint density at radius 2 is 2.05 bits per heavy atom. The van der Waals surface area contributed by atoms with E-state index >= 15 is 0 Å². The first kappa shape index (κ1) is 14.9. The van der Waals surface area contributed by atoms with Crippen LogP contribution in [-0.2, 0) is 4.74 Å². The van der Waals surface area contributed by atoms with Crippen LogP contribution in [0.3, 0.4) is 0 Å². The van der Waals surface area contributed by atoms with E-state index in [2.05, 4.69) is 0 Å². The van der Waals surface area contributed by atoms with Gasteiger partial charge >= 0.3 is 0 Å². The highest BCUT2D eigenvalue weighted by Gasteiger charge is 2.38. The number of piperidine rings is 1. The maximum atomic E-state index is 12.8. The summed E-state index contributed by atoms with van der Waals surface area (Å²) in [7, 11) is 0. The van der Waals surface area contributed by atoms with Gasteiger partial charge in [-0.05, 0) is 55.7 Å². The summed E-state index contributed by atoms with van der Waals surface area (Å²) in [6, 6.07) is 5.58. The summed E-state index contributed by atoms with van der Waals surface area (Å²) in [4.78, 5) is 14.9. The molecule has 4 heteroatoms. The maximum Gasteiger partial charge on any atom is 0.254 e. The fourth-order valence-corrected chi connectivity index (χ4v) is 3.78. The monoisotopic (exact) mass is 307 g/mol. The molecule has 2 heterocycles. The normalized spacial score (nSPS) is 21.5. The lowest BCUT2D eigenvalue weighted by Crippen LogP contribution is -2.48. The zero-order valence-corrected chi connectivity index (χ0v) is 13.3. The van der Waals surface area contributed by atoms with E-state index in [-0.39, 0.29) is 11.3 Å². The molecular weight excluding hydrogens is 286 g/mol. The Morgan fingerprint density at radius 3 is 2.81 bits per heavy atom. The first-order valence-corrected chi connectivity index (χ1v) is 8.11. The minimum atomic E-state index is 0.126. The molecule has 1 amide bonds. The van der Waals surface area contributed by atoms with Crippen LogP contribution in [0.1, 0.15) is 41.6 Å². The van der Waals surface area contributed by atoms with E-state index < -0.39 is 0 Å². The van der Waals surface area contributed by atoms with E-state index in [1.165, 1.54) is 6.42 Å². The Labute approximate surface area is 131 Å². The lowest BCUT2D eigenvalue weighted by molar-refractivity contribution is -0.0229. The number of amides is 1. The van der Waals surface area contributed by atoms with Crippen LogP contribution in [0.4, 0.5) is 0 Å². The van der Waals surface area contributed by atoms with Gasteiger partial charge < -0.3 is 9.64 Å². The van der Waals surface area contributed by atoms with Crippen LogP contribution in [0.5, 0.6) is 0 Å². The van der Waals surface area contributed by atoms with Crippen LogP contribution in [0, 0.1) is 12.3 Å². The topological polar surface area (TPSA) is 29.5 Å². The molecular formula is C17H22ClNO2. The molecule has 0 radical (unpaired) electrons. The summed E-state index contributed by atoms with van der Waals surface area (Å²) in [6.45, 7) is 5.30. The smallest absolute Gasteiger partial charge is 0.254 e. The molecule has 0 aliphatic carbocycles. The van der Waals surface area contributed by atoms with E-state index in [0.29, 0.717) is 5.02 Å². The van der Waals surface area contributed by atoms with Crippen LogP contribution >= 0.6 is 11.6 Å². The summed E-state index contributed by atoms with van der Waals surface area (Å²) in [5.41, 5.74) is 1.90. The molecule has 0 atom stereocenters. The van der Waals surface area contributed by atoms with Crippen LogP contribution in [0.25, 0.3) is 0 Å². The number of hydrogen-bond acceptors (Lipinski definition) is 2. The van der Waals surface area contributed by atoms with Crippen LogP contribution in [0.2, 0.25) is 5.02 Å². The van der Waals surface area contributed by atoms with Crippen molar-refractivity contribution in [3.05, 3.63) is 34.3 Å². The summed E-state index contributed by atoms with van der Waals surface area (Å²) >= 11 is 6.15. The number of hydrogen-bond donors (Lipinski definition) is 0. The third kappa shape index (κ3) is 2.95. The quantitative estimate of drug-likeness (QED) is 0.792. The minimum absolute atomic E-state index is 0.126. The average Bonchev–Trinajstić information content (AvgIpc) is 2.50. The van der Waals surface area contributed by atoms with Gasteiger partial charge in [0.25, 0.3) is 5.91 Å². The highest BCUT2D eigenvalue weighted by Crippen LogP contribution is 2.39. The van der Waals surface area contributed by atoms with Gasteiger partial charge in [-0.25, -0.2) is 0 Å². The second-order valence-electron chi connectivity index (χ2n) is 6.36. The predicted molar refractivity (Wildman–Crippen MR) is 83.8 cm³/mol. The fourth-order valence-electron chi connectivity index (χ4n) is 3.60. The Hall–Kier alpha value is -1.06. The third-order valence-corrected chi connectivity index (χ3v) is 5.41. The Balaban J connectivity index is 1.79. The van der Waals surface area contributed by atoms with E-state index in [1.807, 2.05) is 30.0 Å². The summed E-state index contributed by atoms with van der Waals surface area (Å²) in [5, 5.41) is 0.665. The molecule has 0 saturated carbocycles. The molecule has 2 saturated heterocycles. The van der Waals surface area contributed by atoms with Crippen molar-refractivity contribution in [1.82, 2.24) is 4.90 Å². The first-order chi connectivity index (χ1) is 10.1. The molecule has 0 bridgehead atoms. The van der Waals surface area contributed by atoms with Crippen molar-refractivity contribution in [3.8, 4) is 0 Å². The number of carbonyl (C=O) groups is 1. The molecule has 1 aromatic carbocycles. The molecule has 0 N–H and O–H groups in total. The highest BCUT2D eigenvalue weighted by atomic mass is 35.5. The number of carbonyl (C=O) groups excluding carboxylic acids is 1. The molecule has 2 aliphatic heterocycles. The average molecular weight is 308 g/mol. The molecule has 2 aliphatic rings. The van der Waals surface area contributed by atoms with Crippen molar-refractivity contribution in [1.29, 1.82) is 0 Å². The van der Waals surface area contributed by atoms with Crippen molar-refractivity contribution in [2.45, 2.75) is 32.6 Å². The van der Waals surface area contributed by atoms with Gasteiger partial charge in [0, 0.05) is 36.9 Å². The lowest BCUT2D eigenvalue weighted by atomic mass is 9.74. The third-order valence-electron chi connectivity index (χ3n) is 5.00. The van der Waals surface area contributed by atoms with Gasteiger partial charge in [0.1, 0.15) is 0 Å². The summed E-state index contributed by atoms with van der Waals surface area (Å²) < 4.78 is 5.49.